The Morgan fingerprint density at radius 3 is 2.47 bits per heavy atom. The first kappa shape index (κ1) is 20.9. The van der Waals surface area contributed by atoms with E-state index < -0.39 is 23.6 Å². The minimum Gasteiger partial charge on any atom is -0.363 e. The van der Waals surface area contributed by atoms with Gasteiger partial charge in [0.2, 0.25) is 5.78 Å². The van der Waals surface area contributed by atoms with Gasteiger partial charge in [0.25, 0.3) is 11.8 Å². The van der Waals surface area contributed by atoms with Crippen LogP contribution in [0.1, 0.15) is 15.9 Å². The van der Waals surface area contributed by atoms with Crippen molar-refractivity contribution < 1.29 is 14.4 Å². The van der Waals surface area contributed by atoms with E-state index in [1.54, 1.807) is 19.3 Å². The Morgan fingerprint density at radius 2 is 1.72 bits per heavy atom. The molecule has 0 saturated carbocycles. The highest BCUT2D eigenvalue weighted by Gasteiger charge is 2.28. The molecular formula is C24H21N5O3. The number of hydrogen-bond acceptors (Lipinski definition) is 5. The summed E-state index contributed by atoms with van der Waals surface area (Å²) < 4.78 is 1.50. The molecule has 2 aromatic heterocycles. The van der Waals surface area contributed by atoms with Crippen molar-refractivity contribution in [3.8, 4) is 11.4 Å². The van der Waals surface area contributed by atoms with Gasteiger partial charge in [0.1, 0.15) is 11.7 Å². The number of nitrogens with one attached hydrogen (secondary N) is 1. The number of para-hydroxylation sites is 1. The Balaban J connectivity index is 1.65. The average molecular weight is 427 g/mol. The van der Waals surface area contributed by atoms with Crippen LogP contribution in [0.2, 0.25) is 0 Å². The molecule has 0 spiro atoms. The number of Topliss-reactive ketones (excluding diaryl/α,β-unsaturated/α-hetero) is 1. The number of aromatic nitrogens is 3. The second-order valence-corrected chi connectivity index (χ2v) is 7.40. The van der Waals surface area contributed by atoms with Gasteiger partial charge in [-0.1, -0.05) is 54.6 Å². The molecule has 4 rings (SSSR count). The van der Waals surface area contributed by atoms with E-state index in [2.05, 4.69) is 15.4 Å². The van der Waals surface area contributed by atoms with Crippen molar-refractivity contribution in [3.63, 3.8) is 0 Å². The number of amides is 2. The summed E-state index contributed by atoms with van der Waals surface area (Å²) in [6.45, 7) is 0. The van der Waals surface area contributed by atoms with Crippen molar-refractivity contribution in [2.24, 2.45) is 12.8 Å². The third kappa shape index (κ3) is 4.39. The van der Waals surface area contributed by atoms with Crippen LogP contribution in [0.3, 0.4) is 0 Å². The van der Waals surface area contributed by atoms with Crippen molar-refractivity contribution in [2.75, 3.05) is 0 Å². The first-order valence-corrected chi connectivity index (χ1v) is 10.0. The standard InChI is InChI=1S/C24H21N5O3/c1-29-14-17(21(28-29)19-12-11-16-9-5-6-10-18(16)26-19)24(32)27-20(22(30)23(25)31)13-15-7-3-2-4-8-15/h2-12,14,20H,13H2,1H3,(H2,25,31)(H,27,32). The number of primary amides is 1. The molecule has 0 bridgehead atoms. The van der Waals surface area contributed by atoms with E-state index in [-0.39, 0.29) is 12.0 Å². The Hall–Kier alpha value is -4.33. The first-order valence-electron chi connectivity index (χ1n) is 10.0. The molecule has 3 N–H and O–H groups in total. The molecule has 8 nitrogen and oxygen atoms in total. The SMILES string of the molecule is Cn1cc(C(=O)NC(Cc2ccccc2)C(=O)C(N)=O)c(-c2ccc3ccccc3n2)n1. The molecule has 2 heterocycles. The molecule has 0 saturated heterocycles. The maximum absolute atomic E-state index is 13.1. The monoisotopic (exact) mass is 427 g/mol. The molecule has 0 aliphatic heterocycles. The van der Waals surface area contributed by atoms with Gasteiger partial charge in [-0.05, 0) is 17.7 Å². The largest absolute Gasteiger partial charge is 0.363 e. The molecule has 32 heavy (non-hydrogen) atoms. The highest BCUT2D eigenvalue weighted by atomic mass is 16.2. The lowest BCUT2D eigenvalue weighted by atomic mass is 10.0. The number of nitrogens with two attached hydrogens (primary N) is 1. The second-order valence-electron chi connectivity index (χ2n) is 7.40. The van der Waals surface area contributed by atoms with Crippen LogP contribution in [-0.4, -0.2) is 38.4 Å². The highest BCUT2D eigenvalue weighted by molar-refractivity contribution is 6.38. The maximum Gasteiger partial charge on any atom is 0.287 e. The Bertz CT molecular complexity index is 1310. The van der Waals surface area contributed by atoms with Crippen molar-refractivity contribution in [1.29, 1.82) is 0 Å². The van der Waals surface area contributed by atoms with Crippen molar-refractivity contribution in [2.45, 2.75) is 12.5 Å². The van der Waals surface area contributed by atoms with Crippen molar-refractivity contribution in [1.82, 2.24) is 20.1 Å². The number of hydrogen-bond donors (Lipinski definition) is 2. The average Bonchev–Trinajstić information content (AvgIpc) is 3.20. The lowest BCUT2D eigenvalue weighted by Gasteiger charge is -2.16. The van der Waals surface area contributed by atoms with Gasteiger partial charge in [-0.3, -0.25) is 19.1 Å². The summed E-state index contributed by atoms with van der Waals surface area (Å²) in [4.78, 5) is 41.7. The van der Waals surface area contributed by atoms with Crippen LogP contribution < -0.4 is 11.1 Å². The van der Waals surface area contributed by atoms with Crippen LogP contribution in [0.5, 0.6) is 0 Å². The summed E-state index contributed by atoms with van der Waals surface area (Å²) in [5, 5.41) is 8.02. The minimum atomic E-state index is -1.10. The molecule has 0 aliphatic carbocycles. The summed E-state index contributed by atoms with van der Waals surface area (Å²) in [6, 6.07) is 19.3. The molecule has 0 fully saturated rings. The number of carbonyl (C=O) groups excluding carboxylic acids is 3. The Labute approximate surface area is 184 Å². The number of aryl methyl sites for hydroxylation is 1. The third-order valence-corrected chi connectivity index (χ3v) is 5.06. The molecule has 0 radical (unpaired) electrons. The zero-order valence-corrected chi connectivity index (χ0v) is 17.4. The van der Waals surface area contributed by atoms with Gasteiger partial charge in [0, 0.05) is 25.1 Å². The molecule has 8 heteroatoms. The predicted molar refractivity (Wildman–Crippen MR) is 120 cm³/mol. The molecular weight excluding hydrogens is 406 g/mol. The Morgan fingerprint density at radius 1 is 1.00 bits per heavy atom. The van der Waals surface area contributed by atoms with E-state index in [4.69, 9.17) is 5.73 Å². The van der Waals surface area contributed by atoms with Crippen LogP contribution in [0, 0.1) is 0 Å². The number of fused-ring (bicyclic) bond motifs is 1. The number of carbonyl (C=O) groups is 3. The fraction of sp³-hybridized carbons (Fsp3) is 0.125. The topological polar surface area (TPSA) is 120 Å². The summed E-state index contributed by atoms with van der Waals surface area (Å²) in [6.07, 6.45) is 1.69. The van der Waals surface area contributed by atoms with Gasteiger partial charge in [-0.15, -0.1) is 0 Å². The van der Waals surface area contributed by atoms with Crippen LogP contribution in [0.25, 0.3) is 22.3 Å². The summed E-state index contributed by atoms with van der Waals surface area (Å²) in [5.74, 6) is -2.51. The fourth-order valence-electron chi connectivity index (χ4n) is 3.51. The summed E-state index contributed by atoms with van der Waals surface area (Å²) >= 11 is 0. The maximum atomic E-state index is 13.1. The van der Waals surface area contributed by atoms with Gasteiger partial charge >= 0.3 is 0 Å². The molecule has 1 unspecified atom stereocenters. The van der Waals surface area contributed by atoms with Gasteiger partial charge in [-0.25, -0.2) is 4.98 Å². The normalized spacial score (nSPS) is 11.8. The van der Waals surface area contributed by atoms with Crippen molar-refractivity contribution >= 4 is 28.5 Å². The van der Waals surface area contributed by atoms with E-state index in [1.807, 2.05) is 60.7 Å². The molecule has 2 aromatic carbocycles. The molecule has 0 aliphatic rings. The zero-order chi connectivity index (χ0) is 22.7. The minimum absolute atomic E-state index is 0.137. The number of benzene rings is 2. The molecule has 4 aromatic rings. The van der Waals surface area contributed by atoms with Crippen LogP contribution in [0.4, 0.5) is 0 Å². The first-order chi connectivity index (χ1) is 15.4. The van der Waals surface area contributed by atoms with Gasteiger partial charge in [0.05, 0.1) is 16.8 Å². The number of rotatable bonds is 7. The fourth-order valence-corrected chi connectivity index (χ4v) is 3.51. The van der Waals surface area contributed by atoms with Gasteiger partial charge in [0.15, 0.2) is 0 Å². The highest BCUT2D eigenvalue weighted by Crippen LogP contribution is 2.23. The molecule has 160 valence electrons. The summed E-state index contributed by atoms with van der Waals surface area (Å²) in [5.41, 5.74) is 7.92. The lowest BCUT2D eigenvalue weighted by molar-refractivity contribution is -0.137. The van der Waals surface area contributed by atoms with E-state index in [0.717, 1.165) is 16.5 Å². The van der Waals surface area contributed by atoms with Crippen LogP contribution in [-0.2, 0) is 23.1 Å². The lowest BCUT2D eigenvalue weighted by Crippen LogP contribution is -2.47. The predicted octanol–water partition coefficient (Wildman–Crippen LogP) is 2.03. The Kier molecular flexibility index (Phi) is 5.76. The summed E-state index contributed by atoms with van der Waals surface area (Å²) in [7, 11) is 1.69. The molecule has 2 amide bonds. The van der Waals surface area contributed by atoms with E-state index in [0.29, 0.717) is 11.4 Å². The number of ketones is 1. The van der Waals surface area contributed by atoms with E-state index in [9.17, 15) is 14.4 Å². The number of pyridine rings is 1. The van der Waals surface area contributed by atoms with Crippen LogP contribution >= 0.6 is 0 Å². The zero-order valence-electron chi connectivity index (χ0n) is 17.4. The van der Waals surface area contributed by atoms with Crippen molar-refractivity contribution in [3.05, 3.63) is 84.1 Å². The second kappa shape index (κ2) is 8.81. The van der Waals surface area contributed by atoms with Gasteiger partial charge in [-0.2, -0.15) is 5.10 Å². The van der Waals surface area contributed by atoms with E-state index >= 15 is 0 Å². The number of nitrogens with zero attached hydrogens (tertiary/aromatic N) is 3. The smallest absolute Gasteiger partial charge is 0.287 e. The quantitative estimate of drug-likeness (QED) is 0.437. The van der Waals surface area contributed by atoms with E-state index in [1.165, 1.54) is 4.68 Å². The third-order valence-electron chi connectivity index (χ3n) is 5.06. The molecule has 1 atom stereocenters. The van der Waals surface area contributed by atoms with Gasteiger partial charge < -0.3 is 11.1 Å². The van der Waals surface area contributed by atoms with Crippen LogP contribution in [0.15, 0.2) is 72.9 Å².